The zero-order chi connectivity index (χ0) is 26.7. The summed E-state index contributed by atoms with van der Waals surface area (Å²) in [5.74, 6) is 0.728. The molecule has 36 heavy (non-hydrogen) atoms. The van der Waals surface area contributed by atoms with Crippen LogP contribution in [0, 0.1) is 5.92 Å². The van der Waals surface area contributed by atoms with Gasteiger partial charge in [-0.15, -0.1) is 0 Å². The van der Waals surface area contributed by atoms with Crippen molar-refractivity contribution >= 4 is 11.3 Å². The summed E-state index contributed by atoms with van der Waals surface area (Å²) in [7, 11) is 0. The van der Waals surface area contributed by atoms with Crippen LogP contribution in [0.3, 0.4) is 0 Å². The summed E-state index contributed by atoms with van der Waals surface area (Å²) in [6.45, 7) is 25.1. The third kappa shape index (κ3) is 9.93. The number of hydrogen-bond acceptors (Lipinski definition) is 2. The minimum atomic E-state index is -1.11. The van der Waals surface area contributed by atoms with Crippen LogP contribution in [0.2, 0.25) is 0 Å². The summed E-state index contributed by atoms with van der Waals surface area (Å²) >= 11 is 0. The minimum Gasteiger partial charge on any atom is -0.379 e. The first-order valence-electron chi connectivity index (χ1n) is 13.7. The van der Waals surface area contributed by atoms with Gasteiger partial charge < -0.3 is 10.2 Å². The van der Waals surface area contributed by atoms with Crippen molar-refractivity contribution in [2.24, 2.45) is 5.92 Å². The van der Waals surface area contributed by atoms with Crippen molar-refractivity contribution in [1.82, 2.24) is 10.2 Å². The van der Waals surface area contributed by atoms with Gasteiger partial charge in [0.05, 0.1) is 0 Å². The van der Waals surface area contributed by atoms with E-state index in [1.54, 1.807) is 13.8 Å². The molecule has 0 saturated carbocycles. The number of halogens is 1. The van der Waals surface area contributed by atoms with Gasteiger partial charge in [0.25, 0.3) is 0 Å². The van der Waals surface area contributed by atoms with Crippen molar-refractivity contribution in [3.05, 3.63) is 84.5 Å². The summed E-state index contributed by atoms with van der Waals surface area (Å²) in [4.78, 5) is 2.28. The molecule has 1 saturated heterocycles. The highest BCUT2D eigenvalue weighted by atomic mass is 19.1. The van der Waals surface area contributed by atoms with Crippen LogP contribution in [0.5, 0.6) is 0 Å². The summed E-state index contributed by atoms with van der Waals surface area (Å²) in [5.41, 5.74) is 5.59. The normalized spacial score (nSPS) is 16.8. The van der Waals surface area contributed by atoms with E-state index in [1.165, 1.54) is 30.4 Å². The Morgan fingerprint density at radius 3 is 2.22 bits per heavy atom. The topological polar surface area (TPSA) is 15.3 Å². The van der Waals surface area contributed by atoms with Crippen LogP contribution in [0.15, 0.2) is 73.4 Å². The maximum absolute atomic E-state index is 13.9. The van der Waals surface area contributed by atoms with Gasteiger partial charge in [-0.3, -0.25) is 0 Å². The van der Waals surface area contributed by atoms with E-state index in [0.29, 0.717) is 6.54 Å². The highest BCUT2D eigenvalue weighted by Crippen LogP contribution is 2.26. The van der Waals surface area contributed by atoms with E-state index in [2.05, 4.69) is 93.2 Å². The number of piperidine rings is 1. The fraction of sp³-hybridized carbons (Fsp3) is 0.515. The molecule has 0 spiro atoms. The Kier molecular flexibility index (Phi) is 11.9. The van der Waals surface area contributed by atoms with Gasteiger partial charge in [0, 0.05) is 18.3 Å². The predicted molar refractivity (Wildman–Crippen MR) is 158 cm³/mol. The molecule has 0 aromatic heterocycles. The summed E-state index contributed by atoms with van der Waals surface area (Å²) in [5, 5.41) is 3.53. The maximum atomic E-state index is 13.9. The van der Waals surface area contributed by atoms with Gasteiger partial charge in [0.2, 0.25) is 0 Å². The number of likely N-dealkylation sites (tertiary alicyclic amines) is 1. The van der Waals surface area contributed by atoms with Crippen molar-refractivity contribution < 1.29 is 4.39 Å². The fourth-order valence-electron chi connectivity index (χ4n) is 4.88. The molecule has 0 bridgehead atoms. The fourth-order valence-corrected chi connectivity index (χ4v) is 4.88. The number of benzene rings is 1. The molecule has 0 radical (unpaired) electrons. The Labute approximate surface area is 220 Å². The Balaban J connectivity index is 1.84. The van der Waals surface area contributed by atoms with Gasteiger partial charge in [-0.1, -0.05) is 87.2 Å². The van der Waals surface area contributed by atoms with E-state index in [0.717, 1.165) is 60.7 Å². The minimum absolute atomic E-state index is 0.258. The van der Waals surface area contributed by atoms with Crippen molar-refractivity contribution in [2.75, 3.05) is 19.6 Å². The van der Waals surface area contributed by atoms with Gasteiger partial charge in [-0.05, 0) is 95.0 Å². The molecule has 198 valence electrons. The molecule has 1 atom stereocenters. The first kappa shape index (κ1) is 29.8. The number of nitrogens with zero attached hydrogens (tertiary/aromatic N) is 1. The largest absolute Gasteiger partial charge is 0.379 e. The highest BCUT2D eigenvalue weighted by Gasteiger charge is 2.25. The van der Waals surface area contributed by atoms with Crippen molar-refractivity contribution in [1.29, 1.82) is 0 Å². The smallest absolute Gasteiger partial charge is 0.118 e. The molecule has 1 fully saturated rings. The number of allylic oxidation sites excluding steroid dienone is 5. The molecule has 0 aliphatic carbocycles. The Bertz CT molecular complexity index is 921. The second-order valence-corrected chi connectivity index (χ2v) is 10.9. The van der Waals surface area contributed by atoms with Gasteiger partial charge in [0.1, 0.15) is 5.67 Å². The molecule has 1 aliphatic rings. The summed E-state index contributed by atoms with van der Waals surface area (Å²) < 4.78 is 13.9. The first-order valence-corrected chi connectivity index (χ1v) is 13.7. The molecule has 2 rings (SSSR count). The third-order valence-electron chi connectivity index (χ3n) is 7.33. The molecule has 1 aliphatic heterocycles. The molecule has 1 aromatic rings. The number of rotatable bonds is 14. The van der Waals surface area contributed by atoms with Gasteiger partial charge in [-0.2, -0.15) is 0 Å². The lowest BCUT2D eigenvalue weighted by atomic mass is 9.89. The number of hydrogen-bond donors (Lipinski definition) is 1. The lowest BCUT2D eigenvalue weighted by Crippen LogP contribution is -2.41. The predicted octanol–water partition coefficient (Wildman–Crippen LogP) is 8.75. The second-order valence-electron chi connectivity index (χ2n) is 10.9. The van der Waals surface area contributed by atoms with Gasteiger partial charge >= 0.3 is 0 Å². The van der Waals surface area contributed by atoms with Crippen LogP contribution in [0.4, 0.5) is 4.39 Å². The highest BCUT2D eigenvalue weighted by molar-refractivity contribution is 5.74. The lowest BCUT2D eigenvalue weighted by molar-refractivity contribution is 0.0943. The molecule has 3 heteroatoms. The van der Waals surface area contributed by atoms with E-state index in [4.69, 9.17) is 0 Å². The first-order chi connectivity index (χ1) is 17.1. The molecule has 1 unspecified atom stereocenters. The van der Waals surface area contributed by atoms with Crippen molar-refractivity contribution in [3.8, 4) is 0 Å². The van der Waals surface area contributed by atoms with Crippen molar-refractivity contribution in [2.45, 2.75) is 84.9 Å². The lowest BCUT2D eigenvalue weighted by Gasteiger charge is -2.34. The van der Waals surface area contributed by atoms with E-state index in [9.17, 15) is 4.39 Å². The molecule has 2 nitrogen and oxygen atoms in total. The van der Waals surface area contributed by atoms with E-state index < -0.39 is 5.67 Å². The number of nitrogens with one attached hydrogen (secondary N) is 1. The van der Waals surface area contributed by atoms with Crippen LogP contribution in [-0.4, -0.2) is 36.2 Å². The van der Waals surface area contributed by atoms with Crippen LogP contribution < -0.4 is 5.32 Å². The van der Waals surface area contributed by atoms with E-state index >= 15 is 0 Å². The third-order valence-corrected chi connectivity index (χ3v) is 7.33. The summed E-state index contributed by atoms with van der Waals surface area (Å²) in [6, 6.07) is 8.71. The molecule has 1 N–H and O–H groups in total. The van der Waals surface area contributed by atoms with Gasteiger partial charge in [-0.25, -0.2) is 4.39 Å². The standard InChI is InChI=1S/C33H49FN2/c1-9-25(4)32(11-3)35-27(6)31-18-16-30(17-19-31)26(5)12-13-28(10-2)14-15-29-20-22-36(23-21-29)24-33(7,8)34/h10,12-13,16-19,29,32,35H,4-6,9,11,14-15,20-24H2,1-3,7-8H3/b13-12-,28-10+. The Hall–Kier alpha value is -2.39. The summed E-state index contributed by atoms with van der Waals surface area (Å²) in [6.07, 6.45) is 13.1. The van der Waals surface area contributed by atoms with E-state index in [1.807, 2.05) is 0 Å². The van der Waals surface area contributed by atoms with Crippen LogP contribution in [-0.2, 0) is 0 Å². The maximum Gasteiger partial charge on any atom is 0.118 e. The van der Waals surface area contributed by atoms with Gasteiger partial charge in [0.15, 0.2) is 0 Å². The zero-order valence-corrected chi connectivity index (χ0v) is 23.5. The van der Waals surface area contributed by atoms with Crippen LogP contribution >= 0.6 is 0 Å². The molecular weight excluding hydrogens is 443 g/mol. The quantitative estimate of drug-likeness (QED) is 0.206. The van der Waals surface area contributed by atoms with E-state index in [-0.39, 0.29) is 6.04 Å². The molecular formula is C33H49FN2. The Morgan fingerprint density at radius 2 is 1.69 bits per heavy atom. The molecule has 1 aromatic carbocycles. The molecule has 0 amide bonds. The molecule has 1 heterocycles. The van der Waals surface area contributed by atoms with Crippen LogP contribution in [0.1, 0.15) is 84.3 Å². The van der Waals surface area contributed by atoms with Crippen molar-refractivity contribution in [3.63, 3.8) is 0 Å². The van der Waals surface area contributed by atoms with Crippen LogP contribution in [0.25, 0.3) is 11.3 Å². The Morgan fingerprint density at radius 1 is 1.08 bits per heavy atom. The zero-order valence-electron chi connectivity index (χ0n) is 23.5. The number of alkyl halides is 1. The average molecular weight is 493 g/mol. The second kappa shape index (κ2) is 14.4. The monoisotopic (exact) mass is 492 g/mol. The average Bonchev–Trinajstić information content (AvgIpc) is 2.86. The SMILES string of the molecule is C=C(/C=C\C(=C/C)CCC1CCN(CC(C)(C)F)CC1)c1ccc(C(=C)NC(CC)C(=C)CC)cc1.